The Kier molecular flexibility index (Phi) is 5.41. The number of halogens is 4. The maximum Gasteiger partial charge on any atom is 0.417 e. The summed E-state index contributed by atoms with van der Waals surface area (Å²) in [5.74, 6) is 0.730. The number of anilines is 4. The van der Waals surface area contributed by atoms with Gasteiger partial charge in [0.15, 0.2) is 11.6 Å². The number of alkyl halides is 3. The highest BCUT2D eigenvalue weighted by molar-refractivity contribution is 6.31. The summed E-state index contributed by atoms with van der Waals surface area (Å²) in [5.41, 5.74) is 5.64. The van der Waals surface area contributed by atoms with Crippen LogP contribution in [0.3, 0.4) is 0 Å². The third-order valence-corrected chi connectivity index (χ3v) is 4.69. The third-order valence-electron chi connectivity index (χ3n) is 4.36. The number of benzene rings is 1. The van der Waals surface area contributed by atoms with Crippen molar-refractivity contribution in [3.05, 3.63) is 35.1 Å². The van der Waals surface area contributed by atoms with Gasteiger partial charge in [0.25, 0.3) is 0 Å². The first-order valence-electron chi connectivity index (χ1n) is 8.35. The molecule has 1 heterocycles. The average molecular weight is 386 g/mol. The van der Waals surface area contributed by atoms with Gasteiger partial charge in [-0.1, -0.05) is 30.9 Å². The fraction of sp³-hybridized carbons (Fsp3) is 0.412. The van der Waals surface area contributed by atoms with Crippen LogP contribution >= 0.6 is 11.6 Å². The summed E-state index contributed by atoms with van der Waals surface area (Å²) in [6.07, 6.45) is 2.39. The summed E-state index contributed by atoms with van der Waals surface area (Å²) < 4.78 is 39.0. The van der Waals surface area contributed by atoms with Crippen LogP contribution in [0.15, 0.2) is 24.5 Å². The summed E-state index contributed by atoms with van der Waals surface area (Å²) in [6, 6.07) is 3.85. The number of nitrogens with one attached hydrogen (secondary N) is 2. The molecule has 0 amide bonds. The van der Waals surface area contributed by atoms with Gasteiger partial charge >= 0.3 is 6.18 Å². The van der Waals surface area contributed by atoms with Crippen molar-refractivity contribution in [1.29, 1.82) is 0 Å². The van der Waals surface area contributed by atoms with Crippen LogP contribution in [0.1, 0.15) is 37.7 Å². The number of hydrogen-bond acceptors (Lipinski definition) is 5. The van der Waals surface area contributed by atoms with Crippen molar-refractivity contribution in [2.45, 2.75) is 44.3 Å². The quantitative estimate of drug-likeness (QED) is 0.672. The topological polar surface area (TPSA) is 75.9 Å². The molecule has 26 heavy (non-hydrogen) atoms. The van der Waals surface area contributed by atoms with E-state index in [1.54, 1.807) is 0 Å². The van der Waals surface area contributed by atoms with Crippen LogP contribution in [0, 0.1) is 0 Å². The number of rotatable bonds is 4. The zero-order valence-electron chi connectivity index (χ0n) is 13.9. The van der Waals surface area contributed by atoms with Gasteiger partial charge in [0.05, 0.1) is 10.6 Å². The molecule has 3 rings (SSSR count). The SMILES string of the molecule is Nc1c(Nc2ccc(Cl)c(C(F)(F)F)c2)ncnc1NC1CCCCC1. The van der Waals surface area contributed by atoms with Crippen LogP contribution in [0.5, 0.6) is 0 Å². The molecule has 1 aromatic carbocycles. The standard InChI is InChI=1S/C17H19ClF3N5/c18-13-7-6-11(8-12(13)17(19,20)21)26-16-14(22)15(23-9-24-16)25-10-4-2-1-3-5-10/h6-10H,1-5,22H2,(H2,23,24,25,26). The van der Waals surface area contributed by atoms with E-state index in [1.807, 2.05) is 0 Å². The molecule has 1 aliphatic carbocycles. The Hall–Kier alpha value is -2.22. The van der Waals surface area contributed by atoms with E-state index in [1.165, 1.54) is 24.9 Å². The predicted molar refractivity (Wildman–Crippen MR) is 96.7 cm³/mol. The number of hydrogen-bond donors (Lipinski definition) is 3. The normalized spacial score (nSPS) is 15.7. The van der Waals surface area contributed by atoms with Crippen molar-refractivity contribution in [2.75, 3.05) is 16.4 Å². The molecule has 1 aliphatic rings. The smallest absolute Gasteiger partial charge is 0.393 e. The molecule has 0 radical (unpaired) electrons. The van der Waals surface area contributed by atoms with Crippen molar-refractivity contribution in [2.24, 2.45) is 0 Å². The van der Waals surface area contributed by atoms with Crippen molar-refractivity contribution in [3.63, 3.8) is 0 Å². The van der Waals surface area contributed by atoms with Crippen molar-refractivity contribution in [3.8, 4) is 0 Å². The maximum absolute atomic E-state index is 13.0. The summed E-state index contributed by atoms with van der Waals surface area (Å²) in [5, 5.41) is 5.76. The molecule has 0 saturated heterocycles. The molecule has 1 fully saturated rings. The fourth-order valence-electron chi connectivity index (χ4n) is 3.01. The van der Waals surface area contributed by atoms with E-state index in [2.05, 4.69) is 20.6 Å². The van der Waals surface area contributed by atoms with Gasteiger partial charge in [-0.3, -0.25) is 0 Å². The summed E-state index contributed by atoms with van der Waals surface area (Å²) in [6.45, 7) is 0. The molecular weight excluding hydrogens is 367 g/mol. The van der Waals surface area contributed by atoms with Gasteiger partial charge in [-0.15, -0.1) is 0 Å². The van der Waals surface area contributed by atoms with E-state index in [0.29, 0.717) is 11.9 Å². The molecule has 0 aliphatic heterocycles. The molecule has 1 aromatic heterocycles. The highest BCUT2D eigenvalue weighted by Crippen LogP contribution is 2.37. The maximum atomic E-state index is 13.0. The molecule has 0 spiro atoms. The molecule has 9 heteroatoms. The number of nitrogen functional groups attached to an aromatic ring is 1. The van der Waals surface area contributed by atoms with Gasteiger partial charge in [0.1, 0.15) is 12.0 Å². The van der Waals surface area contributed by atoms with E-state index >= 15 is 0 Å². The number of nitrogens with two attached hydrogens (primary N) is 1. The Morgan fingerprint density at radius 1 is 1.08 bits per heavy atom. The first-order valence-corrected chi connectivity index (χ1v) is 8.73. The van der Waals surface area contributed by atoms with Crippen LogP contribution in [0.4, 0.5) is 36.2 Å². The number of nitrogens with zero attached hydrogens (tertiary/aromatic N) is 2. The van der Waals surface area contributed by atoms with Crippen LogP contribution in [-0.2, 0) is 6.18 Å². The predicted octanol–water partition coefficient (Wildman–Crippen LogP) is 5.22. The van der Waals surface area contributed by atoms with Crippen molar-refractivity contribution < 1.29 is 13.2 Å². The second-order valence-electron chi connectivity index (χ2n) is 6.28. The summed E-state index contributed by atoms with van der Waals surface area (Å²) in [7, 11) is 0. The molecule has 5 nitrogen and oxygen atoms in total. The molecule has 0 unspecified atom stereocenters. The molecule has 2 aromatic rings. The highest BCUT2D eigenvalue weighted by Gasteiger charge is 2.33. The van der Waals surface area contributed by atoms with Gasteiger partial charge < -0.3 is 16.4 Å². The first kappa shape index (κ1) is 18.6. The van der Waals surface area contributed by atoms with Gasteiger partial charge in [-0.25, -0.2) is 9.97 Å². The van der Waals surface area contributed by atoms with Crippen LogP contribution in [0.25, 0.3) is 0 Å². The highest BCUT2D eigenvalue weighted by atomic mass is 35.5. The lowest BCUT2D eigenvalue weighted by molar-refractivity contribution is -0.137. The largest absolute Gasteiger partial charge is 0.417 e. The van der Waals surface area contributed by atoms with E-state index < -0.39 is 11.7 Å². The summed E-state index contributed by atoms with van der Waals surface area (Å²) >= 11 is 5.64. The Bertz CT molecular complexity index is 775. The molecule has 1 saturated carbocycles. The van der Waals surface area contributed by atoms with Gasteiger partial charge in [-0.05, 0) is 31.0 Å². The van der Waals surface area contributed by atoms with E-state index in [9.17, 15) is 13.2 Å². The van der Waals surface area contributed by atoms with E-state index in [0.717, 1.165) is 31.7 Å². The molecule has 4 N–H and O–H groups in total. The lowest BCUT2D eigenvalue weighted by Gasteiger charge is -2.24. The number of aromatic nitrogens is 2. The van der Waals surface area contributed by atoms with E-state index in [4.69, 9.17) is 17.3 Å². The third kappa shape index (κ3) is 4.30. The van der Waals surface area contributed by atoms with Crippen LogP contribution < -0.4 is 16.4 Å². The Labute approximate surface area is 154 Å². The second kappa shape index (κ2) is 7.57. The molecule has 0 bridgehead atoms. The molecular formula is C17H19ClF3N5. The monoisotopic (exact) mass is 385 g/mol. The van der Waals surface area contributed by atoms with Crippen LogP contribution in [-0.4, -0.2) is 16.0 Å². The zero-order valence-corrected chi connectivity index (χ0v) is 14.7. The lowest BCUT2D eigenvalue weighted by Crippen LogP contribution is -2.23. The van der Waals surface area contributed by atoms with E-state index in [-0.39, 0.29) is 22.2 Å². The minimum Gasteiger partial charge on any atom is -0.393 e. The average Bonchev–Trinajstić information content (AvgIpc) is 2.60. The lowest BCUT2D eigenvalue weighted by atomic mass is 9.95. The van der Waals surface area contributed by atoms with Crippen molar-refractivity contribution >= 4 is 34.6 Å². The Balaban J connectivity index is 1.81. The minimum absolute atomic E-state index is 0.191. The molecule has 140 valence electrons. The van der Waals surface area contributed by atoms with Crippen molar-refractivity contribution in [1.82, 2.24) is 9.97 Å². The molecule has 0 atom stereocenters. The second-order valence-corrected chi connectivity index (χ2v) is 6.69. The minimum atomic E-state index is -4.54. The Morgan fingerprint density at radius 3 is 2.46 bits per heavy atom. The Morgan fingerprint density at radius 2 is 1.77 bits per heavy atom. The first-order chi connectivity index (χ1) is 12.3. The van der Waals surface area contributed by atoms with Crippen LogP contribution in [0.2, 0.25) is 5.02 Å². The van der Waals surface area contributed by atoms with Gasteiger partial charge in [-0.2, -0.15) is 13.2 Å². The van der Waals surface area contributed by atoms with Gasteiger partial charge in [0.2, 0.25) is 0 Å². The van der Waals surface area contributed by atoms with Gasteiger partial charge in [0, 0.05) is 11.7 Å². The zero-order chi connectivity index (χ0) is 18.7. The summed E-state index contributed by atoms with van der Waals surface area (Å²) in [4.78, 5) is 8.20. The fourth-order valence-corrected chi connectivity index (χ4v) is 3.23.